The Balaban J connectivity index is 1.51. The smallest absolute Gasteiger partial charge is 0.338 e. The molecule has 1 aliphatic heterocycles. The van der Waals surface area contributed by atoms with E-state index in [9.17, 15) is 9.59 Å². The summed E-state index contributed by atoms with van der Waals surface area (Å²) in [6.07, 6.45) is 0.250. The first kappa shape index (κ1) is 21.3. The van der Waals surface area contributed by atoms with E-state index >= 15 is 0 Å². The molecule has 0 spiro atoms. The van der Waals surface area contributed by atoms with E-state index in [1.165, 1.54) is 4.90 Å². The van der Waals surface area contributed by atoms with Crippen LogP contribution in [-0.2, 0) is 21.7 Å². The summed E-state index contributed by atoms with van der Waals surface area (Å²) in [5, 5.41) is 0. The number of amides is 1. The molecule has 1 aliphatic rings. The molecule has 0 saturated carbocycles. The number of ether oxygens (including phenoxy) is 1. The predicted molar refractivity (Wildman–Crippen MR) is 124 cm³/mol. The third-order valence-electron chi connectivity index (χ3n) is 5.73. The molecule has 6 heteroatoms. The fourth-order valence-corrected chi connectivity index (χ4v) is 3.71. The first-order chi connectivity index (χ1) is 15.4. The van der Waals surface area contributed by atoms with E-state index in [4.69, 9.17) is 10.5 Å². The van der Waals surface area contributed by atoms with Crippen molar-refractivity contribution < 1.29 is 14.3 Å². The SMILES string of the molecule is CN1C(=O)CC(C)(c2cccc(-c3ccc(C(=O)OCc4ccccc4)cc3)c2)N=C1N. The number of benzene rings is 3. The number of hydrogen-bond acceptors (Lipinski definition) is 5. The van der Waals surface area contributed by atoms with E-state index in [0.29, 0.717) is 5.56 Å². The first-order valence-corrected chi connectivity index (χ1v) is 10.4. The number of nitrogens with two attached hydrogens (primary N) is 1. The van der Waals surface area contributed by atoms with Gasteiger partial charge in [-0.3, -0.25) is 9.69 Å². The number of carbonyl (C=O) groups is 2. The third-order valence-corrected chi connectivity index (χ3v) is 5.73. The lowest BCUT2D eigenvalue weighted by Gasteiger charge is -2.33. The topological polar surface area (TPSA) is 85.0 Å². The molecule has 0 aliphatic carbocycles. The van der Waals surface area contributed by atoms with Gasteiger partial charge in [-0.25, -0.2) is 9.79 Å². The molecule has 0 aromatic heterocycles. The van der Waals surface area contributed by atoms with Gasteiger partial charge < -0.3 is 10.5 Å². The van der Waals surface area contributed by atoms with E-state index in [0.717, 1.165) is 22.3 Å². The number of carbonyl (C=O) groups excluding carboxylic acids is 2. The van der Waals surface area contributed by atoms with Crippen LogP contribution in [0, 0.1) is 0 Å². The van der Waals surface area contributed by atoms with Gasteiger partial charge >= 0.3 is 5.97 Å². The molecular weight excluding hydrogens is 402 g/mol. The van der Waals surface area contributed by atoms with Crippen molar-refractivity contribution in [1.82, 2.24) is 4.90 Å². The minimum Gasteiger partial charge on any atom is -0.457 e. The van der Waals surface area contributed by atoms with Gasteiger partial charge in [0, 0.05) is 7.05 Å². The fraction of sp³-hybridized carbons (Fsp3) is 0.192. The molecule has 6 nitrogen and oxygen atoms in total. The van der Waals surface area contributed by atoms with Gasteiger partial charge in [-0.1, -0.05) is 60.7 Å². The van der Waals surface area contributed by atoms with Crippen LogP contribution in [0.2, 0.25) is 0 Å². The Morgan fingerprint density at radius 3 is 2.44 bits per heavy atom. The Kier molecular flexibility index (Phi) is 5.77. The summed E-state index contributed by atoms with van der Waals surface area (Å²) in [5.41, 5.74) is 9.49. The van der Waals surface area contributed by atoms with Gasteiger partial charge in [-0.2, -0.15) is 0 Å². The molecular formula is C26H25N3O3. The summed E-state index contributed by atoms with van der Waals surface area (Å²) in [6.45, 7) is 2.15. The normalized spacial score (nSPS) is 18.2. The maximum absolute atomic E-state index is 12.4. The second-order valence-corrected chi connectivity index (χ2v) is 8.09. The second-order valence-electron chi connectivity index (χ2n) is 8.09. The minimum absolute atomic E-state index is 0.0660. The molecule has 0 bridgehead atoms. The van der Waals surface area contributed by atoms with Crippen LogP contribution in [0.3, 0.4) is 0 Å². The molecule has 1 heterocycles. The summed E-state index contributed by atoms with van der Waals surface area (Å²) >= 11 is 0. The second kappa shape index (κ2) is 8.67. The maximum Gasteiger partial charge on any atom is 0.338 e. The molecule has 0 fully saturated rings. The fourth-order valence-electron chi connectivity index (χ4n) is 3.71. The monoisotopic (exact) mass is 427 g/mol. The average molecular weight is 428 g/mol. The van der Waals surface area contributed by atoms with E-state index in [2.05, 4.69) is 4.99 Å². The largest absolute Gasteiger partial charge is 0.457 e. The van der Waals surface area contributed by atoms with Gasteiger partial charge in [-0.15, -0.1) is 0 Å². The molecule has 3 aromatic rings. The van der Waals surface area contributed by atoms with Crippen LogP contribution in [0.1, 0.15) is 34.8 Å². The van der Waals surface area contributed by atoms with E-state index in [-0.39, 0.29) is 30.9 Å². The highest BCUT2D eigenvalue weighted by Crippen LogP contribution is 2.35. The molecule has 4 rings (SSSR count). The quantitative estimate of drug-likeness (QED) is 0.621. The Bertz CT molecular complexity index is 1170. The lowest BCUT2D eigenvalue weighted by atomic mass is 9.86. The maximum atomic E-state index is 12.4. The molecule has 162 valence electrons. The highest BCUT2D eigenvalue weighted by atomic mass is 16.5. The first-order valence-electron chi connectivity index (χ1n) is 10.4. The number of rotatable bonds is 5. The van der Waals surface area contributed by atoms with Crippen LogP contribution in [0.4, 0.5) is 0 Å². The Hall–Kier alpha value is -3.93. The van der Waals surface area contributed by atoms with Crippen LogP contribution < -0.4 is 5.73 Å². The van der Waals surface area contributed by atoms with Crippen LogP contribution in [0.5, 0.6) is 0 Å². The summed E-state index contributed by atoms with van der Waals surface area (Å²) in [5.74, 6) is -0.215. The van der Waals surface area contributed by atoms with Crippen molar-refractivity contribution in [3.05, 3.63) is 95.6 Å². The average Bonchev–Trinajstić information content (AvgIpc) is 2.82. The Labute approximate surface area is 187 Å². The zero-order chi connectivity index (χ0) is 22.7. The number of aliphatic imine (C=N–C) groups is 1. The standard InChI is InChI=1S/C26H25N3O3/c1-26(16-23(30)29(2)25(27)28-26)22-10-6-9-21(15-22)19-11-13-20(14-12-19)24(31)32-17-18-7-4-3-5-8-18/h3-15H,16-17H2,1-2H3,(H2,27,28). The molecule has 32 heavy (non-hydrogen) atoms. The summed E-state index contributed by atoms with van der Waals surface area (Å²) in [6, 6.07) is 24.7. The van der Waals surface area contributed by atoms with Gasteiger partial charge in [0.1, 0.15) is 6.61 Å². The molecule has 1 atom stereocenters. The number of hydrogen-bond donors (Lipinski definition) is 1. The summed E-state index contributed by atoms with van der Waals surface area (Å²) in [4.78, 5) is 30.6. The van der Waals surface area contributed by atoms with Crippen LogP contribution in [-0.4, -0.2) is 29.8 Å². The van der Waals surface area contributed by atoms with E-state index in [1.807, 2.05) is 73.7 Å². The van der Waals surface area contributed by atoms with E-state index in [1.54, 1.807) is 19.2 Å². The lowest BCUT2D eigenvalue weighted by molar-refractivity contribution is -0.128. The van der Waals surface area contributed by atoms with Gasteiger partial charge in [0.05, 0.1) is 17.5 Å². The molecule has 0 saturated heterocycles. The van der Waals surface area contributed by atoms with Crippen molar-refractivity contribution in [3.63, 3.8) is 0 Å². The molecule has 1 amide bonds. The number of guanidine groups is 1. The zero-order valence-electron chi connectivity index (χ0n) is 18.1. The zero-order valence-corrected chi connectivity index (χ0v) is 18.1. The van der Waals surface area contributed by atoms with Crippen molar-refractivity contribution >= 4 is 17.8 Å². The third kappa shape index (κ3) is 4.39. The summed E-state index contributed by atoms with van der Waals surface area (Å²) < 4.78 is 5.40. The minimum atomic E-state index is -0.717. The van der Waals surface area contributed by atoms with Crippen LogP contribution in [0.25, 0.3) is 11.1 Å². The number of esters is 1. The molecule has 0 radical (unpaired) electrons. The molecule has 3 aromatic carbocycles. The van der Waals surface area contributed by atoms with Crippen LogP contribution in [0.15, 0.2) is 83.9 Å². The van der Waals surface area contributed by atoms with Crippen molar-refractivity contribution in [2.75, 3.05) is 7.05 Å². The molecule has 1 unspecified atom stereocenters. The Morgan fingerprint density at radius 1 is 1.03 bits per heavy atom. The molecule has 2 N–H and O–H groups in total. The summed E-state index contributed by atoms with van der Waals surface area (Å²) in [7, 11) is 1.63. The van der Waals surface area contributed by atoms with Gasteiger partial charge in [0.2, 0.25) is 5.91 Å². The predicted octanol–water partition coefficient (Wildman–Crippen LogP) is 4.10. The highest BCUT2D eigenvalue weighted by Gasteiger charge is 2.36. The highest BCUT2D eigenvalue weighted by molar-refractivity contribution is 5.98. The van der Waals surface area contributed by atoms with Crippen molar-refractivity contribution in [2.45, 2.75) is 25.5 Å². The number of nitrogens with zero attached hydrogens (tertiary/aromatic N) is 2. The van der Waals surface area contributed by atoms with E-state index < -0.39 is 5.54 Å². The van der Waals surface area contributed by atoms with Gasteiger partial charge in [0.15, 0.2) is 5.96 Å². The van der Waals surface area contributed by atoms with Gasteiger partial charge in [0.25, 0.3) is 0 Å². The van der Waals surface area contributed by atoms with Crippen LogP contribution >= 0.6 is 0 Å². The lowest BCUT2D eigenvalue weighted by Crippen LogP contribution is -2.47. The Morgan fingerprint density at radius 2 is 1.75 bits per heavy atom. The van der Waals surface area contributed by atoms with Crippen molar-refractivity contribution in [1.29, 1.82) is 0 Å². The van der Waals surface area contributed by atoms with Gasteiger partial charge in [-0.05, 0) is 47.4 Å². The van der Waals surface area contributed by atoms with Crippen molar-refractivity contribution in [2.24, 2.45) is 10.7 Å². The van der Waals surface area contributed by atoms with Crippen molar-refractivity contribution in [3.8, 4) is 11.1 Å².